The molecule has 1 aliphatic rings. The van der Waals surface area contributed by atoms with Crippen LogP contribution in [-0.4, -0.2) is 16.0 Å². The molecule has 106 valence electrons. The zero-order valence-corrected chi connectivity index (χ0v) is 10.9. The van der Waals surface area contributed by atoms with Crippen molar-refractivity contribution in [1.29, 1.82) is 0 Å². The molecule has 7 heteroatoms. The van der Waals surface area contributed by atoms with Crippen LogP contribution >= 0.6 is 0 Å². The lowest BCUT2D eigenvalue weighted by Crippen LogP contribution is -2.31. The van der Waals surface area contributed by atoms with Crippen molar-refractivity contribution >= 4 is 11.6 Å². The minimum Gasteiger partial charge on any atom is -0.384 e. The van der Waals surface area contributed by atoms with E-state index >= 15 is 0 Å². The molecule has 3 N–H and O–H groups in total. The van der Waals surface area contributed by atoms with Crippen LogP contribution < -0.4 is 11.1 Å². The first-order valence-corrected chi connectivity index (χ1v) is 6.17. The lowest BCUT2D eigenvalue weighted by atomic mass is 9.87. The Labute approximate surface area is 109 Å². The Morgan fingerprint density at radius 1 is 1.37 bits per heavy atom. The van der Waals surface area contributed by atoms with Gasteiger partial charge >= 0.3 is 6.18 Å². The normalized spacial score (nSPS) is 22.5. The molecule has 1 saturated carbocycles. The van der Waals surface area contributed by atoms with E-state index in [1.165, 1.54) is 6.07 Å². The summed E-state index contributed by atoms with van der Waals surface area (Å²) in [5.41, 5.74) is 5.45. The molecule has 1 aliphatic carbocycles. The zero-order valence-electron chi connectivity index (χ0n) is 10.9. The van der Waals surface area contributed by atoms with Crippen molar-refractivity contribution in [3.8, 4) is 0 Å². The molecule has 0 amide bonds. The molecule has 1 aromatic rings. The van der Waals surface area contributed by atoms with Crippen LogP contribution in [0.1, 0.15) is 38.9 Å². The van der Waals surface area contributed by atoms with Crippen molar-refractivity contribution < 1.29 is 13.2 Å². The maximum absolute atomic E-state index is 12.6. The van der Waals surface area contributed by atoms with Gasteiger partial charge in [0.05, 0.1) is 0 Å². The summed E-state index contributed by atoms with van der Waals surface area (Å²) in [6.07, 6.45) is -1.58. The van der Waals surface area contributed by atoms with E-state index in [1.807, 2.05) is 0 Å². The minimum atomic E-state index is -4.59. The third kappa shape index (κ3) is 3.08. The molecule has 0 aliphatic heterocycles. The fourth-order valence-corrected chi connectivity index (χ4v) is 2.44. The number of halogens is 3. The molecule has 19 heavy (non-hydrogen) atoms. The molecule has 1 aromatic heterocycles. The number of hydrogen-bond acceptors (Lipinski definition) is 4. The highest BCUT2D eigenvalue weighted by molar-refractivity contribution is 5.46. The van der Waals surface area contributed by atoms with Gasteiger partial charge in [0.1, 0.15) is 11.6 Å². The molecule has 0 saturated heterocycles. The quantitative estimate of drug-likeness (QED) is 0.870. The Kier molecular flexibility index (Phi) is 3.32. The number of aromatic nitrogens is 2. The second-order valence-corrected chi connectivity index (χ2v) is 5.58. The fourth-order valence-electron chi connectivity index (χ4n) is 2.44. The van der Waals surface area contributed by atoms with Gasteiger partial charge < -0.3 is 11.1 Å². The summed E-state index contributed by atoms with van der Waals surface area (Å²) in [6.45, 7) is 4.18. The smallest absolute Gasteiger partial charge is 0.384 e. The van der Waals surface area contributed by atoms with Crippen LogP contribution in [0.4, 0.5) is 24.8 Å². The Bertz CT molecular complexity index is 471. The molecule has 0 spiro atoms. The Hall–Kier alpha value is -1.53. The van der Waals surface area contributed by atoms with E-state index in [4.69, 9.17) is 5.73 Å². The van der Waals surface area contributed by atoms with Gasteiger partial charge in [-0.2, -0.15) is 13.2 Å². The van der Waals surface area contributed by atoms with Gasteiger partial charge in [-0.25, -0.2) is 9.97 Å². The number of nitrogens with two attached hydrogens (primary N) is 1. The lowest BCUT2D eigenvalue weighted by Gasteiger charge is -2.28. The van der Waals surface area contributed by atoms with Gasteiger partial charge in [-0.1, -0.05) is 20.3 Å². The summed E-state index contributed by atoms with van der Waals surface area (Å²) in [7, 11) is 0. The van der Waals surface area contributed by atoms with E-state index in [1.54, 1.807) is 0 Å². The number of nitrogens with one attached hydrogen (secondary N) is 1. The maximum Gasteiger partial charge on any atom is 0.451 e. The number of anilines is 2. The molecule has 4 nitrogen and oxygen atoms in total. The monoisotopic (exact) mass is 274 g/mol. The average molecular weight is 274 g/mol. The molecule has 0 bridgehead atoms. The maximum atomic E-state index is 12.6. The Balaban J connectivity index is 2.24. The highest BCUT2D eigenvalue weighted by atomic mass is 19.4. The van der Waals surface area contributed by atoms with E-state index < -0.39 is 12.0 Å². The molecule has 0 aromatic carbocycles. The van der Waals surface area contributed by atoms with Crippen LogP contribution in [0.15, 0.2) is 6.07 Å². The highest BCUT2D eigenvalue weighted by Gasteiger charge is 2.37. The number of nitrogen functional groups attached to an aromatic ring is 1. The van der Waals surface area contributed by atoms with Crippen molar-refractivity contribution in [3.63, 3.8) is 0 Å². The van der Waals surface area contributed by atoms with E-state index in [0.29, 0.717) is 0 Å². The van der Waals surface area contributed by atoms with E-state index in [9.17, 15) is 13.2 Å². The van der Waals surface area contributed by atoms with Gasteiger partial charge in [0.15, 0.2) is 0 Å². The van der Waals surface area contributed by atoms with Crippen molar-refractivity contribution in [2.24, 2.45) is 5.41 Å². The van der Waals surface area contributed by atoms with Gasteiger partial charge in [-0.3, -0.25) is 0 Å². The first-order chi connectivity index (χ1) is 8.68. The van der Waals surface area contributed by atoms with Gasteiger partial charge in [0, 0.05) is 12.1 Å². The van der Waals surface area contributed by atoms with Crippen LogP contribution in [-0.2, 0) is 6.18 Å². The summed E-state index contributed by atoms with van der Waals surface area (Å²) in [5.74, 6) is -1.24. The van der Waals surface area contributed by atoms with Gasteiger partial charge in [0.2, 0.25) is 5.82 Å². The predicted molar refractivity (Wildman–Crippen MR) is 66.5 cm³/mol. The van der Waals surface area contributed by atoms with Crippen molar-refractivity contribution in [2.75, 3.05) is 11.1 Å². The van der Waals surface area contributed by atoms with Crippen LogP contribution in [0.25, 0.3) is 0 Å². The molecule has 2 rings (SSSR count). The Morgan fingerprint density at radius 3 is 2.58 bits per heavy atom. The zero-order chi connectivity index (χ0) is 14.3. The molecular formula is C12H17F3N4. The van der Waals surface area contributed by atoms with Crippen LogP contribution in [0.5, 0.6) is 0 Å². The van der Waals surface area contributed by atoms with Crippen molar-refractivity contribution in [1.82, 2.24) is 9.97 Å². The summed E-state index contributed by atoms with van der Waals surface area (Å²) >= 11 is 0. The minimum absolute atomic E-state index is 0.0398. The fraction of sp³-hybridized carbons (Fsp3) is 0.667. The largest absolute Gasteiger partial charge is 0.451 e. The molecule has 0 radical (unpaired) electrons. The van der Waals surface area contributed by atoms with E-state index in [0.717, 1.165) is 19.3 Å². The standard InChI is InChI=1S/C12H17F3N4/c1-11(2)5-3-4-7(11)17-9-6-8(16)18-10(19-9)12(13,14)15/h6-7H,3-5H2,1-2H3,(H3,16,17,18,19). The van der Waals surface area contributed by atoms with Crippen LogP contribution in [0, 0.1) is 5.41 Å². The summed E-state index contributed by atoms with van der Waals surface area (Å²) in [4.78, 5) is 6.72. The Morgan fingerprint density at radius 2 is 2.05 bits per heavy atom. The second kappa shape index (κ2) is 4.54. The first kappa shape index (κ1) is 13.9. The summed E-state index contributed by atoms with van der Waals surface area (Å²) in [6, 6.07) is 1.44. The summed E-state index contributed by atoms with van der Waals surface area (Å²) in [5, 5.41) is 3.05. The van der Waals surface area contributed by atoms with E-state index in [-0.39, 0.29) is 23.1 Å². The number of rotatable bonds is 2. The molecule has 1 heterocycles. The first-order valence-electron chi connectivity index (χ1n) is 6.17. The van der Waals surface area contributed by atoms with E-state index in [2.05, 4.69) is 29.1 Å². The average Bonchev–Trinajstić information content (AvgIpc) is 2.56. The molecular weight excluding hydrogens is 257 g/mol. The van der Waals surface area contributed by atoms with Crippen LogP contribution in [0.2, 0.25) is 0 Å². The summed E-state index contributed by atoms with van der Waals surface area (Å²) < 4.78 is 37.8. The highest BCUT2D eigenvalue weighted by Crippen LogP contribution is 2.39. The van der Waals surface area contributed by atoms with Crippen molar-refractivity contribution in [3.05, 3.63) is 11.9 Å². The van der Waals surface area contributed by atoms with Gasteiger partial charge in [0.25, 0.3) is 0 Å². The van der Waals surface area contributed by atoms with Crippen LogP contribution in [0.3, 0.4) is 0 Å². The number of hydrogen-bond donors (Lipinski definition) is 2. The number of alkyl halides is 3. The molecule has 1 fully saturated rings. The van der Waals surface area contributed by atoms with Gasteiger partial charge in [-0.05, 0) is 18.3 Å². The SMILES string of the molecule is CC1(C)CCCC1Nc1cc(N)nc(C(F)(F)F)n1. The number of nitrogens with zero attached hydrogens (tertiary/aromatic N) is 2. The third-order valence-electron chi connectivity index (χ3n) is 3.58. The second-order valence-electron chi connectivity index (χ2n) is 5.58. The van der Waals surface area contributed by atoms with Crippen molar-refractivity contribution in [2.45, 2.75) is 45.3 Å². The topological polar surface area (TPSA) is 63.8 Å². The van der Waals surface area contributed by atoms with Gasteiger partial charge in [-0.15, -0.1) is 0 Å². The molecule has 1 unspecified atom stereocenters. The lowest BCUT2D eigenvalue weighted by molar-refractivity contribution is -0.144. The third-order valence-corrected chi connectivity index (χ3v) is 3.58. The predicted octanol–water partition coefficient (Wildman–Crippen LogP) is 3.07. The molecule has 1 atom stereocenters.